The Morgan fingerprint density at radius 3 is 3.00 bits per heavy atom. The van der Waals surface area contributed by atoms with Gasteiger partial charge in [0.15, 0.2) is 0 Å². The van der Waals surface area contributed by atoms with Crippen LogP contribution < -0.4 is 10.6 Å². The second-order valence-corrected chi connectivity index (χ2v) is 5.49. The molecule has 2 heterocycles. The number of thiophene rings is 1. The first-order valence-electron chi connectivity index (χ1n) is 7.13. The van der Waals surface area contributed by atoms with Gasteiger partial charge in [0.2, 0.25) is 17.6 Å². The molecule has 2 aromatic heterocycles. The molecule has 2 aromatic rings. The molecule has 0 unspecified atom stereocenters. The first kappa shape index (κ1) is 18.6. The van der Waals surface area contributed by atoms with E-state index in [0.29, 0.717) is 37.5 Å². The van der Waals surface area contributed by atoms with Crippen molar-refractivity contribution in [1.82, 2.24) is 20.8 Å². The summed E-state index contributed by atoms with van der Waals surface area (Å²) in [5.74, 6) is 1.26. The summed E-state index contributed by atoms with van der Waals surface area (Å²) in [5.41, 5.74) is 0. The van der Waals surface area contributed by atoms with Crippen LogP contribution in [0.15, 0.2) is 22.0 Å². The second kappa shape index (κ2) is 10.3. The molecule has 122 valence electrons. The summed E-state index contributed by atoms with van der Waals surface area (Å²) >= 11 is 1.58. The number of aromatic nitrogens is 2. The number of amides is 1. The molecule has 8 heteroatoms. The van der Waals surface area contributed by atoms with E-state index in [1.54, 1.807) is 11.3 Å². The Morgan fingerprint density at radius 2 is 2.27 bits per heavy atom. The van der Waals surface area contributed by atoms with Crippen LogP contribution in [0, 0.1) is 0 Å². The minimum absolute atomic E-state index is 0. The molecule has 0 aliphatic carbocycles. The fourth-order valence-electron chi connectivity index (χ4n) is 1.82. The van der Waals surface area contributed by atoms with Crippen molar-refractivity contribution in [3.8, 4) is 10.7 Å². The lowest BCUT2D eigenvalue weighted by Gasteiger charge is -2.04. The van der Waals surface area contributed by atoms with E-state index in [1.165, 1.54) is 0 Å². The number of likely N-dealkylation sites (N-methyl/N-ethyl adjacent to an activating group) is 1. The molecule has 0 bridgehead atoms. The number of halogens is 1. The van der Waals surface area contributed by atoms with Gasteiger partial charge in [-0.25, -0.2) is 0 Å². The molecular weight excluding hydrogens is 324 g/mol. The maximum atomic E-state index is 11.6. The number of carbonyl (C=O) groups is 1. The van der Waals surface area contributed by atoms with Gasteiger partial charge in [-0.15, -0.1) is 23.7 Å². The average Bonchev–Trinajstić information content (AvgIpc) is 3.14. The van der Waals surface area contributed by atoms with Crippen LogP contribution in [0.3, 0.4) is 0 Å². The maximum Gasteiger partial charge on any atom is 0.226 e. The number of nitrogens with zero attached hydrogens (tertiary/aromatic N) is 2. The molecule has 0 fully saturated rings. The molecule has 0 spiro atoms. The molecule has 0 atom stereocenters. The van der Waals surface area contributed by atoms with Crippen LogP contribution in [-0.2, 0) is 11.2 Å². The first-order valence-corrected chi connectivity index (χ1v) is 8.01. The topological polar surface area (TPSA) is 80.0 Å². The second-order valence-electron chi connectivity index (χ2n) is 4.55. The van der Waals surface area contributed by atoms with E-state index in [1.807, 2.05) is 24.4 Å². The molecule has 0 radical (unpaired) electrons. The maximum absolute atomic E-state index is 11.6. The van der Waals surface area contributed by atoms with Gasteiger partial charge in [-0.2, -0.15) is 4.98 Å². The van der Waals surface area contributed by atoms with Crippen molar-refractivity contribution in [2.24, 2.45) is 0 Å². The van der Waals surface area contributed by atoms with Gasteiger partial charge in [-0.1, -0.05) is 18.1 Å². The summed E-state index contributed by atoms with van der Waals surface area (Å²) in [6.07, 6.45) is 1.81. The highest BCUT2D eigenvalue weighted by atomic mass is 35.5. The van der Waals surface area contributed by atoms with Gasteiger partial charge in [0.05, 0.1) is 4.88 Å². The van der Waals surface area contributed by atoms with Crippen LogP contribution >= 0.6 is 23.7 Å². The van der Waals surface area contributed by atoms with Crippen molar-refractivity contribution in [2.75, 3.05) is 19.6 Å². The van der Waals surface area contributed by atoms with Crippen LogP contribution in [0.1, 0.15) is 25.7 Å². The molecule has 0 saturated heterocycles. The normalized spacial score (nSPS) is 10.2. The lowest BCUT2D eigenvalue weighted by molar-refractivity contribution is -0.121. The van der Waals surface area contributed by atoms with Gasteiger partial charge in [0, 0.05) is 25.9 Å². The Bertz CT molecular complexity index is 545. The number of hydrogen-bond acceptors (Lipinski definition) is 6. The monoisotopic (exact) mass is 344 g/mol. The zero-order chi connectivity index (χ0) is 14.9. The summed E-state index contributed by atoms with van der Waals surface area (Å²) in [4.78, 5) is 16.9. The Morgan fingerprint density at radius 1 is 1.41 bits per heavy atom. The van der Waals surface area contributed by atoms with Gasteiger partial charge in [0.25, 0.3) is 0 Å². The summed E-state index contributed by atoms with van der Waals surface area (Å²) in [7, 11) is 0. The van der Waals surface area contributed by atoms with E-state index < -0.39 is 0 Å². The van der Waals surface area contributed by atoms with Crippen LogP contribution in [0.4, 0.5) is 0 Å². The molecule has 22 heavy (non-hydrogen) atoms. The van der Waals surface area contributed by atoms with Crippen molar-refractivity contribution >= 4 is 29.7 Å². The predicted octanol–water partition coefficient (Wildman–Crippen LogP) is 2.27. The Kier molecular flexibility index (Phi) is 8.72. The van der Waals surface area contributed by atoms with Crippen LogP contribution in [0.5, 0.6) is 0 Å². The van der Waals surface area contributed by atoms with Crippen molar-refractivity contribution in [1.29, 1.82) is 0 Å². The number of rotatable bonds is 9. The molecular formula is C14H21ClN4O2S. The summed E-state index contributed by atoms with van der Waals surface area (Å²) in [5, 5.41) is 11.9. The molecule has 2 N–H and O–H groups in total. The summed E-state index contributed by atoms with van der Waals surface area (Å²) < 4.78 is 5.19. The Hall–Kier alpha value is -1.44. The van der Waals surface area contributed by atoms with E-state index in [-0.39, 0.29) is 18.3 Å². The number of nitrogens with one attached hydrogen (secondary N) is 2. The largest absolute Gasteiger partial charge is 0.355 e. The van der Waals surface area contributed by atoms with Crippen molar-refractivity contribution in [2.45, 2.75) is 26.2 Å². The SMILES string of the molecule is CCNCCNC(=O)CCCc1nc(-c2cccs2)no1.Cl. The number of carbonyl (C=O) groups excluding carboxylic acids is 1. The average molecular weight is 345 g/mol. The molecule has 0 aromatic carbocycles. The molecule has 6 nitrogen and oxygen atoms in total. The zero-order valence-corrected chi connectivity index (χ0v) is 14.1. The minimum Gasteiger partial charge on any atom is -0.355 e. The van der Waals surface area contributed by atoms with Gasteiger partial charge in [-0.3, -0.25) is 4.79 Å². The first-order chi connectivity index (χ1) is 10.3. The molecule has 2 rings (SSSR count). The zero-order valence-electron chi connectivity index (χ0n) is 12.5. The third kappa shape index (κ3) is 6.13. The fourth-order valence-corrected chi connectivity index (χ4v) is 2.47. The predicted molar refractivity (Wildman–Crippen MR) is 89.4 cm³/mol. The van der Waals surface area contributed by atoms with Gasteiger partial charge in [0.1, 0.15) is 0 Å². The van der Waals surface area contributed by atoms with E-state index in [9.17, 15) is 4.79 Å². The Labute approximate surface area is 140 Å². The highest BCUT2D eigenvalue weighted by Gasteiger charge is 2.09. The fraction of sp³-hybridized carbons (Fsp3) is 0.500. The standard InChI is InChI=1S/C14H20N4O2S.ClH/c1-2-15-8-9-16-12(19)6-3-7-13-17-14(18-20-13)11-5-4-10-21-11;/h4-5,10,15H,2-3,6-9H2,1H3,(H,16,19);1H. The Balaban J connectivity index is 0.00000242. The smallest absolute Gasteiger partial charge is 0.226 e. The van der Waals surface area contributed by atoms with Crippen molar-refractivity contribution < 1.29 is 9.32 Å². The molecule has 1 amide bonds. The quantitative estimate of drug-likeness (QED) is 0.682. The number of aryl methyl sites for hydroxylation is 1. The van der Waals surface area contributed by atoms with Crippen molar-refractivity contribution in [3.63, 3.8) is 0 Å². The van der Waals surface area contributed by atoms with Crippen LogP contribution in [0.25, 0.3) is 10.7 Å². The van der Waals surface area contributed by atoms with Crippen LogP contribution in [0.2, 0.25) is 0 Å². The number of hydrogen-bond donors (Lipinski definition) is 2. The highest BCUT2D eigenvalue weighted by molar-refractivity contribution is 7.13. The molecule has 0 saturated carbocycles. The third-order valence-corrected chi connectivity index (χ3v) is 3.74. The summed E-state index contributed by atoms with van der Waals surface area (Å²) in [6.45, 7) is 4.42. The van der Waals surface area contributed by atoms with E-state index in [2.05, 4.69) is 20.8 Å². The lowest BCUT2D eigenvalue weighted by Crippen LogP contribution is -2.31. The highest BCUT2D eigenvalue weighted by Crippen LogP contribution is 2.21. The third-order valence-electron chi connectivity index (χ3n) is 2.88. The van der Waals surface area contributed by atoms with E-state index >= 15 is 0 Å². The van der Waals surface area contributed by atoms with Gasteiger partial charge >= 0.3 is 0 Å². The van der Waals surface area contributed by atoms with E-state index in [4.69, 9.17) is 4.52 Å². The lowest BCUT2D eigenvalue weighted by atomic mass is 10.2. The summed E-state index contributed by atoms with van der Waals surface area (Å²) in [6, 6.07) is 3.91. The molecule has 0 aliphatic rings. The minimum atomic E-state index is 0. The van der Waals surface area contributed by atoms with Gasteiger partial charge in [-0.05, 0) is 24.4 Å². The van der Waals surface area contributed by atoms with Gasteiger partial charge < -0.3 is 15.2 Å². The van der Waals surface area contributed by atoms with Crippen molar-refractivity contribution in [3.05, 3.63) is 23.4 Å². The van der Waals surface area contributed by atoms with Crippen LogP contribution in [-0.4, -0.2) is 35.7 Å². The molecule has 0 aliphatic heterocycles. The van der Waals surface area contributed by atoms with E-state index in [0.717, 1.165) is 18.0 Å².